The number of nitroso groups, excluding NO2 is 1. The van der Waals surface area contributed by atoms with E-state index < -0.39 is 22.2 Å². The molecule has 0 saturated heterocycles. The number of aliphatic imine (C=N–C) groups is 2. The zero-order valence-electron chi connectivity index (χ0n) is 27.8. The third-order valence-electron chi connectivity index (χ3n) is 9.75. The van der Waals surface area contributed by atoms with Crippen molar-refractivity contribution in [1.29, 1.82) is 0 Å². The third-order valence-corrected chi connectivity index (χ3v) is 9.75. The summed E-state index contributed by atoms with van der Waals surface area (Å²) in [4.78, 5) is 22.4. The Bertz CT molecular complexity index is 1870. The van der Waals surface area contributed by atoms with Gasteiger partial charge < -0.3 is 15.0 Å². The summed E-state index contributed by atoms with van der Waals surface area (Å²) < 4.78 is 6.57. The second-order valence-electron chi connectivity index (χ2n) is 13.7. The van der Waals surface area contributed by atoms with E-state index in [2.05, 4.69) is 23.7 Å². The fraction of sp³-hybridized carbons (Fsp3) is 0.368. The minimum atomic E-state index is -0.631. The van der Waals surface area contributed by atoms with Crippen LogP contribution in [0.3, 0.4) is 0 Å². The fourth-order valence-electron chi connectivity index (χ4n) is 5.03. The van der Waals surface area contributed by atoms with E-state index >= 15 is 0 Å². The monoisotopic (exact) mass is 600 g/mol. The van der Waals surface area contributed by atoms with Gasteiger partial charge in [0.25, 0.3) is 0 Å². The Morgan fingerprint density at radius 2 is 1.22 bits per heavy atom. The zero-order chi connectivity index (χ0) is 32.9. The Kier molecular flexibility index (Phi) is 7.76. The van der Waals surface area contributed by atoms with Gasteiger partial charge in [-0.25, -0.2) is 0 Å². The van der Waals surface area contributed by atoms with E-state index in [9.17, 15) is 10.1 Å². The summed E-state index contributed by atoms with van der Waals surface area (Å²) in [6.45, 7) is 17.6. The van der Waals surface area contributed by atoms with Gasteiger partial charge in [-0.1, -0.05) is 45.7 Å². The van der Waals surface area contributed by atoms with Gasteiger partial charge in [-0.15, -0.1) is 0 Å². The zero-order valence-corrected chi connectivity index (χ0v) is 27.8. The SMILES string of the molecule is COc1cc(C#Cc2ccc(C3=NC(C)(C)C(C)(C)N3[O-])cc2)c(C)c(C#Cc2ccc(C3=NC(C)(C)C(C)(C)[N+]3=O)cc2)c1. The van der Waals surface area contributed by atoms with Gasteiger partial charge in [0.2, 0.25) is 0 Å². The summed E-state index contributed by atoms with van der Waals surface area (Å²) in [5.41, 5.74) is 3.51. The van der Waals surface area contributed by atoms with Gasteiger partial charge >= 0.3 is 5.84 Å². The smallest absolute Gasteiger partial charge is 0.364 e. The number of benzene rings is 3. The average Bonchev–Trinajstić information content (AvgIpc) is 3.27. The molecule has 2 aliphatic heterocycles. The number of methoxy groups -OCH3 is 1. The molecule has 45 heavy (non-hydrogen) atoms. The first-order chi connectivity index (χ1) is 21.0. The van der Waals surface area contributed by atoms with Gasteiger partial charge in [-0.05, 0) is 121 Å². The number of hydroxylamine groups is 2. The Morgan fingerprint density at radius 3 is 1.62 bits per heavy atom. The molecule has 0 unspecified atom stereocenters. The maximum atomic E-state index is 13.0. The summed E-state index contributed by atoms with van der Waals surface area (Å²) in [5.74, 6) is 14.6. The van der Waals surface area contributed by atoms with E-state index in [4.69, 9.17) is 14.7 Å². The third kappa shape index (κ3) is 5.54. The van der Waals surface area contributed by atoms with Gasteiger partial charge in [0, 0.05) is 33.4 Å². The number of hydrogen-bond acceptors (Lipinski definition) is 6. The molecule has 0 spiro atoms. The van der Waals surface area contributed by atoms with Crippen molar-refractivity contribution in [2.75, 3.05) is 7.11 Å². The van der Waals surface area contributed by atoms with Crippen molar-refractivity contribution in [3.63, 3.8) is 0 Å². The first-order valence-corrected chi connectivity index (χ1v) is 15.1. The second kappa shape index (κ2) is 11.0. The maximum absolute atomic E-state index is 13.0. The molecular formula is C38H40N4O3. The van der Waals surface area contributed by atoms with Crippen LogP contribution in [-0.4, -0.2) is 50.8 Å². The van der Waals surface area contributed by atoms with Gasteiger partial charge in [0.1, 0.15) is 11.6 Å². The average molecular weight is 601 g/mol. The molecule has 7 nitrogen and oxygen atoms in total. The highest BCUT2D eigenvalue weighted by Crippen LogP contribution is 2.38. The standard InChI is InChI=1S/C38H40N4O3/c1-25-30(21-15-26-11-17-28(18-12-26)33-39-35(2,3)37(6,7)41(33)43)23-32(45-10)24-31(25)22-16-27-13-19-29(20-14-27)34-40-36(4,5)38(8,9)42(34)44/h11-14,17-20,23-24H,1-10H3. The minimum Gasteiger partial charge on any atom is -0.757 e. The molecule has 0 aromatic heterocycles. The Morgan fingerprint density at radius 1 is 0.733 bits per heavy atom. The lowest BCUT2D eigenvalue weighted by Crippen LogP contribution is -2.50. The minimum absolute atomic E-state index is 0.443. The van der Waals surface area contributed by atoms with Crippen LogP contribution in [0.5, 0.6) is 5.75 Å². The van der Waals surface area contributed by atoms with Crippen molar-refractivity contribution in [2.24, 2.45) is 9.98 Å². The number of ether oxygens (including phenoxy) is 1. The number of hydrogen-bond donors (Lipinski definition) is 0. The molecule has 0 atom stereocenters. The molecule has 2 aliphatic rings. The predicted molar refractivity (Wildman–Crippen MR) is 181 cm³/mol. The van der Waals surface area contributed by atoms with Crippen LogP contribution in [0.15, 0.2) is 70.6 Å². The highest BCUT2D eigenvalue weighted by atomic mass is 16.5. The molecule has 3 aromatic rings. The lowest BCUT2D eigenvalue weighted by molar-refractivity contribution is -0.514. The summed E-state index contributed by atoms with van der Waals surface area (Å²) in [6.07, 6.45) is 0. The van der Waals surface area contributed by atoms with Crippen LogP contribution in [0.2, 0.25) is 0 Å². The molecule has 3 aromatic carbocycles. The fourth-order valence-corrected chi connectivity index (χ4v) is 5.03. The van der Waals surface area contributed by atoms with E-state index in [1.54, 1.807) is 7.11 Å². The Labute approximate surface area is 266 Å². The van der Waals surface area contributed by atoms with Crippen molar-refractivity contribution >= 4 is 11.7 Å². The summed E-state index contributed by atoms with van der Waals surface area (Å²) in [7, 11) is 1.62. The number of nitrogens with zero attached hydrogens (tertiary/aromatic N) is 4. The first kappa shape index (κ1) is 31.7. The highest BCUT2D eigenvalue weighted by molar-refractivity contribution is 6.01. The summed E-state index contributed by atoms with van der Waals surface area (Å²) in [6, 6.07) is 19.0. The maximum Gasteiger partial charge on any atom is 0.364 e. The van der Waals surface area contributed by atoms with Gasteiger partial charge in [-0.2, -0.15) is 0 Å². The molecule has 0 bridgehead atoms. The first-order valence-electron chi connectivity index (χ1n) is 15.1. The van der Waals surface area contributed by atoms with E-state index in [0.717, 1.165) is 48.8 Å². The molecule has 0 fully saturated rings. The lowest BCUT2D eigenvalue weighted by atomic mass is 9.84. The van der Waals surface area contributed by atoms with E-state index in [0.29, 0.717) is 17.4 Å². The Balaban J connectivity index is 1.38. The molecule has 0 amide bonds. The van der Waals surface area contributed by atoms with Crippen molar-refractivity contribution < 1.29 is 9.50 Å². The topological polar surface area (TPSA) is 80.3 Å². The van der Waals surface area contributed by atoms with Crippen LogP contribution in [0.25, 0.3) is 0 Å². The van der Waals surface area contributed by atoms with Crippen LogP contribution in [-0.2, 0) is 0 Å². The number of rotatable bonds is 3. The van der Waals surface area contributed by atoms with Crippen LogP contribution in [0, 0.1) is 40.7 Å². The highest BCUT2D eigenvalue weighted by Gasteiger charge is 2.59. The molecular weight excluding hydrogens is 560 g/mol. The van der Waals surface area contributed by atoms with Crippen molar-refractivity contribution in [2.45, 2.75) is 84.5 Å². The van der Waals surface area contributed by atoms with E-state index in [-0.39, 0.29) is 0 Å². The predicted octanol–water partition coefficient (Wildman–Crippen LogP) is 7.02. The van der Waals surface area contributed by atoms with Crippen molar-refractivity contribution in [1.82, 2.24) is 5.06 Å². The van der Waals surface area contributed by atoms with Crippen LogP contribution in [0.1, 0.15) is 94.3 Å². The molecule has 7 heteroatoms. The molecule has 0 N–H and O–H groups in total. The van der Waals surface area contributed by atoms with Crippen LogP contribution >= 0.6 is 0 Å². The molecule has 0 aliphatic carbocycles. The van der Waals surface area contributed by atoms with E-state index in [1.165, 1.54) is 0 Å². The normalized spacial score (nSPS) is 18.7. The van der Waals surface area contributed by atoms with Crippen molar-refractivity contribution in [3.8, 4) is 29.4 Å². The van der Waals surface area contributed by atoms with Crippen LogP contribution in [0.4, 0.5) is 0 Å². The largest absolute Gasteiger partial charge is 0.757 e. The summed E-state index contributed by atoms with van der Waals surface area (Å²) >= 11 is 0. The lowest BCUT2D eigenvalue weighted by Gasteiger charge is -2.45. The molecule has 0 saturated carbocycles. The molecule has 230 valence electrons. The molecule has 5 rings (SSSR count). The molecule has 0 radical (unpaired) electrons. The quantitative estimate of drug-likeness (QED) is 0.239. The number of amidine groups is 2. The van der Waals surface area contributed by atoms with Gasteiger partial charge in [0.05, 0.1) is 18.2 Å². The van der Waals surface area contributed by atoms with Gasteiger partial charge in [-0.3, -0.25) is 4.99 Å². The summed E-state index contributed by atoms with van der Waals surface area (Å²) in [5, 5.41) is 14.0. The Hall–Kier alpha value is -4.72. The second-order valence-corrected chi connectivity index (χ2v) is 13.7. The molecule has 2 heterocycles. The van der Waals surface area contributed by atoms with Crippen molar-refractivity contribution in [3.05, 3.63) is 110 Å². The van der Waals surface area contributed by atoms with Gasteiger partial charge in [0.15, 0.2) is 11.1 Å². The van der Waals surface area contributed by atoms with E-state index in [1.807, 2.05) is 123 Å². The van der Waals surface area contributed by atoms with Crippen LogP contribution < -0.4 is 4.74 Å².